The van der Waals surface area contributed by atoms with Crippen LogP contribution in [0, 0.1) is 11.1 Å². The van der Waals surface area contributed by atoms with Crippen LogP contribution in [0.25, 0.3) is 11.1 Å². The summed E-state index contributed by atoms with van der Waals surface area (Å²) < 4.78 is 22.4. The van der Waals surface area contributed by atoms with E-state index in [2.05, 4.69) is 5.32 Å². The molecular formula is C29H37N2O7-. The number of hydrogen-bond donors (Lipinski definition) is 1. The summed E-state index contributed by atoms with van der Waals surface area (Å²) in [5.41, 5.74) is 1.23. The van der Waals surface area contributed by atoms with E-state index in [0.717, 1.165) is 21.8 Å². The summed E-state index contributed by atoms with van der Waals surface area (Å²) in [7, 11) is 6.11. The number of hydroxylamine groups is 2. The van der Waals surface area contributed by atoms with Crippen molar-refractivity contribution >= 4 is 5.91 Å². The summed E-state index contributed by atoms with van der Waals surface area (Å²) in [5, 5.41) is 17.2. The van der Waals surface area contributed by atoms with Crippen LogP contribution in [-0.4, -0.2) is 50.5 Å². The molecule has 1 heterocycles. The fourth-order valence-electron chi connectivity index (χ4n) is 6.06. The number of nitrogens with one attached hydrogen (secondary N) is 1. The highest BCUT2D eigenvalue weighted by Gasteiger charge is 2.50. The van der Waals surface area contributed by atoms with E-state index in [9.17, 15) is 14.8 Å². The lowest BCUT2D eigenvalue weighted by Crippen LogP contribution is -2.49. The third kappa shape index (κ3) is 4.47. The molecule has 9 heteroatoms. The second kappa shape index (κ2) is 10.1. The first-order chi connectivity index (χ1) is 17.9. The van der Waals surface area contributed by atoms with Crippen molar-refractivity contribution in [3.8, 4) is 34.1 Å². The fourth-order valence-corrected chi connectivity index (χ4v) is 6.06. The Morgan fingerprint density at radius 1 is 0.974 bits per heavy atom. The van der Waals surface area contributed by atoms with E-state index in [-0.39, 0.29) is 17.1 Å². The van der Waals surface area contributed by atoms with Gasteiger partial charge in [-0.3, -0.25) is 9.59 Å². The predicted octanol–water partition coefficient (Wildman–Crippen LogP) is 4.23. The normalized spacial score (nSPS) is 21.5. The molecule has 1 N–H and O–H groups in total. The van der Waals surface area contributed by atoms with Crippen LogP contribution in [-0.2, 0) is 11.2 Å². The van der Waals surface area contributed by atoms with Gasteiger partial charge in [0.2, 0.25) is 17.1 Å². The monoisotopic (exact) mass is 525 g/mol. The molecular weight excluding hydrogens is 488 g/mol. The van der Waals surface area contributed by atoms with Gasteiger partial charge in [-0.25, -0.2) is 0 Å². The maximum absolute atomic E-state index is 13.7. The zero-order valence-corrected chi connectivity index (χ0v) is 23.4. The van der Waals surface area contributed by atoms with Gasteiger partial charge in [-0.15, -0.1) is 0 Å². The number of nitrogens with zero attached hydrogens (tertiary/aromatic N) is 1. The summed E-state index contributed by atoms with van der Waals surface area (Å²) >= 11 is 0. The number of aryl methyl sites for hydroxylation is 1. The van der Waals surface area contributed by atoms with Crippen molar-refractivity contribution in [2.45, 2.75) is 64.1 Å². The first kappa shape index (κ1) is 27.7. The molecule has 4 rings (SSSR count). The Balaban J connectivity index is 1.88. The molecule has 0 unspecified atom stereocenters. The molecule has 0 saturated carbocycles. The predicted molar refractivity (Wildman–Crippen MR) is 145 cm³/mol. The Morgan fingerprint density at radius 2 is 1.63 bits per heavy atom. The maximum atomic E-state index is 13.7. The van der Waals surface area contributed by atoms with Gasteiger partial charge in [0.25, 0.3) is 0 Å². The van der Waals surface area contributed by atoms with Crippen molar-refractivity contribution in [2.75, 3.05) is 28.4 Å². The van der Waals surface area contributed by atoms with Gasteiger partial charge in [0.05, 0.1) is 40.4 Å². The molecule has 2 atom stereocenters. The third-order valence-electron chi connectivity index (χ3n) is 7.98. The van der Waals surface area contributed by atoms with Gasteiger partial charge in [-0.2, -0.15) is 0 Å². The number of ether oxygens (including phenoxy) is 4. The third-order valence-corrected chi connectivity index (χ3v) is 7.98. The Bertz CT molecular complexity index is 1300. The zero-order valence-electron chi connectivity index (χ0n) is 23.4. The van der Waals surface area contributed by atoms with Gasteiger partial charge < -0.3 is 34.5 Å². The van der Waals surface area contributed by atoms with E-state index >= 15 is 0 Å². The number of fused-ring (bicyclic) bond motifs is 3. The number of amides is 1. The second-order valence-corrected chi connectivity index (χ2v) is 11.1. The lowest BCUT2D eigenvalue weighted by molar-refractivity contribution is -0.127. The van der Waals surface area contributed by atoms with Gasteiger partial charge >= 0.3 is 0 Å². The molecule has 9 nitrogen and oxygen atoms in total. The van der Waals surface area contributed by atoms with E-state index < -0.39 is 23.0 Å². The molecule has 1 aliphatic heterocycles. The summed E-state index contributed by atoms with van der Waals surface area (Å²) in [6, 6.07) is 6.38. The van der Waals surface area contributed by atoms with Crippen LogP contribution in [0.1, 0.15) is 57.7 Å². The minimum atomic E-state index is -0.873. The van der Waals surface area contributed by atoms with Crippen LogP contribution in [0.2, 0.25) is 0 Å². The SMILES string of the molecule is COc1cc2c(c(OC)c1OC)-c1ccc(OC)c(=O)cc1[C@@H](NC(=O)[C@H]1CC(C)(C)N([O-])C1(C)C)CC2. The molecule has 2 aliphatic rings. The Hall–Kier alpha value is -3.30. The highest BCUT2D eigenvalue weighted by atomic mass is 16.5. The van der Waals surface area contributed by atoms with Crippen LogP contribution in [0.3, 0.4) is 0 Å². The lowest BCUT2D eigenvalue weighted by Gasteiger charge is -2.47. The van der Waals surface area contributed by atoms with Crippen molar-refractivity contribution in [1.29, 1.82) is 0 Å². The van der Waals surface area contributed by atoms with Gasteiger partial charge in [0.15, 0.2) is 17.2 Å². The fraction of sp³-hybridized carbons (Fsp3) is 0.517. The van der Waals surface area contributed by atoms with Crippen LogP contribution in [0.4, 0.5) is 0 Å². The molecule has 1 saturated heterocycles. The first-order valence-electron chi connectivity index (χ1n) is 12.7. The van der Waals surface area contributed by atoms with Crippen molar-refractivity contribution < 1.29 is 23.7 Å². The average Bonchev–Trinajstić information content (AvgIpc) is 3.03. The summed E-state index contributed by atoms with van der Waals surface area (Å²) in [5.74, 6) is 0.903. The van der Waals surface area contributed by atoms with Crippen molar-refractivity contribution in [1.82, 2.24) is 10.4 Å². The maximum Gasteiger partial charge on any atom is 0.225 e. The van der Waals surface area contributed by atoms with E-state index in [0.29, 0.717) is 42.1 Å². The van der Waals surface area contributed by atoms with Gasteiger partial charge in [-0.05, 0) is 81.8 Å². The Labute approximate surface area is 223 Å². The molecule has 206 valence electrons. The molecule has 0 spiro atoms. The second-order valence-electron chi connectivity index (χ2n) is 11.1. The van der Waals surface area contributed by atoms with E-state index in [1.165, 1.54) is 13.2 Å². The quantitative estimate of drug-likeness (QED) is 0.597. The molecule has 0 bridgehead atoms. The topological polar surface area (TPSA) is 109 Å². The molecule has 1 amide bonds. The number of carbonyl (C=O) groups excluding carboxylic acids is 1. The Kier molecular flexibility index (Phi) is 7.38. The van der Waals surface area contributed by atoms with Crippen LogP contribution < -0.4 is 29.7 Å². The summed E-state index contributed by atoms with van der Waals surface area (Å²) in [6.45, 7) is 7.32. The summed E-state index contributed by atoms with van der Waals surface area (Å²) in [4.78, 5) is 26.8. The van der Waals surface area contributed by atoms with E-state index in [1.807, 2.05) is 26.0 Å². The highest BCUT2D eigenvalue weighted by molar-refractivity contribution is 5.85. The van der Waals surface area contributed by atoms with Crippen LogP contribution >= 0.6 is 0 Å². The zero-order chi connectivity index (χ0) is 28.0. The van der Waals surface area contributed by atoms with Gasteiger partial charge in [0.1, 0.15) is 0 Å². The van der Waals surface area contributed by atoms with Crippen molar-refractivity contribution in [2.24, 2.45) is 5.92 Å². The molecule has 0 radical (unpaired) electrons. The lowest BCUT2D eigenvalue weighted by atomic mass is 9.85. The molecule has 0 aromatic heterocycles. The van der Waals surface area contributed by atoms with Crippen molar-refractivity contribution in [3.63, 3.8) is 0 Å². The van der Waals surface area contributed by atoms with Crippen LogP contribution in [0.5, 0.6) is 23.0 Å². The Morgan fingerprint density at radius 3 is 2.18 bits per heavy atom. The number of benzene rings is 1. The van der Waals surface area contributed by atoms with Crippen LogP contribution in [0.15, 0.2) is 29.1 Å². The molecule has 2 aromatic carbocycles. The average molecular weight is 526 g/mol. The van der Waals surface area contributed by atoms with Crippen molar-refractivity contribution in [3.05, 3.63) is 50.8 Å². The van der Waals surface area contributed by atoms with Gasteiger partial charge in [0, 0.05) is 16.6 Å². The van der Waals surface area contributed by atoms with Gasteiger partial charge in [-0.1, -0.05) is 6.07 Å². The highest BCUT2D eigenvalue weighted by Crippen LogP contribution is 2.50. The first-order valence-corrected chi connectivity index (χ1v) is 12.7. The molecule has 2 aromatic rings. The minimum absolute atomic E-state index is 0.185. The number of hydrogen-bond acceptors (Lipinski definition) is 8. The van der Waals surface area contributed by atoms with E-state index in [4.69, 9.17) is 18.9 Å². The standard InChI is InChI=1S/C29H37N2O7/c1-28(2)15-19(29(3,4)31(28)34)27(33)30-20-11-9-16-13-23(36-6)25(37-7)26(38-8)24(16)17-10-12-22(35-5)21(32)14-18(17)20/h10,12-14,19-20H,9,11,15H2,1-8H3,(H,30,33)/q-1/t19-,20+/m1/s1. The summed E-state index contributed by atoms with van der Waals surface area (Å²) in [6.07, 6.45) is 1.53. The number of rotatable bonds is 6. The van der Waals surface area contributed by atoms with E-state index in [1.54, 1.807) is 41.2 Å². The molecule has 1 fully saturated rings. The smallest absolute Gasteiger partial charge is 0.225 e. The number of methoxy groups -OCH3 is 4. The molecule has 38 heavy (non-hydrogen) atoms. The number of carbonyl (C=O) groups is 1. The molecule has 1 aliphatic carbocycles. The minimum Gasteiger partial charge on any atom is -0.784 e. The largest absolute Gasteiger partial charge is 0.784 e.